The minimum Gasteiger partial charge on any atom is -0.497 e. The van der Waals surface area contributed by atoms with E-state index in [9.17, 15) is 8.42 Å². The molecule has 0 aliphatic carbocycles. The lowest BCUT2D eigenvalue weighted by molar-refractivity contribution is 0.415. The highest BCUT2D eigenvalue weighted by Crippen LogP contribution is 2.24. The van der Waals surface area contributed by atoms with Gasteiger partial charge in [-0.1, -0.05) is 0 Å². The Bertz CT molecular complexity index is 681. The number of methoxy groups -OCH3 is 1. The van der Waals surface area contributed by atoms with E-state index < -0.39 is 10.0 Å². The van der Waals surface area contributed by atoms with Crippen molar-refractivity contribution < 1.29 is 13.2 Å². The van der Waals surface area contributed by atoms with Crippen LogP contribution in [0.2, 0.25) is 0 Å². The minimum absolute atomic E-state index is 0.274. The third kappa shape index (κ3) is 3.06. The molecule has 6 heteroatoms. The normalized spacial score (nSPS) is 11.2. The van der Waals surface area contributed by atoms with Crippen LogP contribution in [-0.2, 0) is 10.0 Å². The summed E-state index contributed by atoms with van der Waals surface area (Å²) in [5.41, 5.74) is 0.587. The molecule has 20 heavy (non-hydrogen) atoms. The van der Waals surface area contributed by atoms with E-state index in [2.05, 4.69) is 22.6 Å². The molecule has 0 aliphatic heterocycles. The van der Waals surface area contributed by atoms with Gasteiger partial charge in [-0.15, -0.1) is 0 Å². The van der Waals surface area contributed by atoms with E-state index in [1.807, 2.05) is 0 Å². The van der Waals surface area contributed by atoms with Crippen molar-refractivity contribution in [2.24, 2.45) is 0 Å². The average molecular weight is 403 g/mol. The molecule has 0 saturated carbocycles. The molecule has 0 fully saturated rings. The summed E-state index contributed by atoms with van der Waals surface area (Å²) in [4.78, 5) is 0.274. The molecule has 2 aromatic carbocycles. The van der Waals surface area contributed by atoms with Gasteiger partial charge in [-0.3, -0.25) is 4.31 Å². The molecule has 0 spiro atoms. The van der Waals surface area contributed by atoms with E-state index in [0.29, 0.717) is 11.4 Å². The third-order valence-electron chi connectivity index (χ3n) is 2.91. The monoisotopic (exact) mass is 403 g/mol. The average Bonchev–Trinajstić information content (AvgIpc) is 2.47. The predicted molar refractivity (Wildman–Crippen MR) is 87.7 cm³/mol. The standard InChI is InChI=1S/C14H14INO3S/c1-16(12-5-7-13(19-2)8-6-12)20(17,18)14-9-3-11(15)4-10-14/h3-10H,1-2H3. The number of ether oxygens (including phenoxy) is 1. The zero-order valence-electron chi connectivity index (χ0n) is 11.1. The first-order valence-corrected chi connectivity index (χ1v) is 8.35. The van der Waals surface area contributed by atoms with Gasteiger partial charge in [0.25, 0.3) is 10.0 Å². The molecule has 0 saturated heterocycles. The second-order valence-corrected chi connectivity index (χ2v) is 7.34. The van der Waals surface area contributed by atoms with Crippen LogP contribution in [0.5, 0.6) is 5.75 Å². The number of benzene rings is 2. The lowest BCUT2D eigenvalue weighted by Crippen LogP contribution is -2.26. The van der Waals surface area contributed by atoms with Crippen molar-refractivity contribution in [2.45, 2.75) is 4.90 Å². The van der Waals surface area contributed by atoms with Crippen molar-refractivity contribution in [3.8, 4) is 5.75 Å². The zero-order valence-corrected chi connectivity index (χ0v) is 14.1. The molecule has 2 aromatic rings. The molecule has 0 N–H and O–H groups in total. The van der Waals surface area contributed by atoms with Gasteiger partial charge in [-0.05, 0) is 71.1 Å². The molecule has 0 aliphatic rings. The fraction of sp³-hybridized carbons (Fsp3) is 0.143. The maximum atomic E-state index is 12.5. The molecule has 0 unspecified atom stereocenters. The summed E-state index contributed by atoms with van der Waals surface area (Å²) in [6.07, 6.45) is 0. The Morgan fingerprint density at radius 1 is 1.00 bits per heavy atom. The van der Waals surface area contributed by atoms with E-state index in [4.69, 9.17) is 4.74 Å². The van der Waals surface area contributed by atoms with Gasteiger partial charge in [0.2, 0.25) is 0 Å². The largest absolute Gasteiger partial charge is 0.497 e. The Balaban J connectivity index is 2.35. The summed E-state index contributed by atoms with van der Waals surface area (Å²) in [6.45, 7) is 0. The van der Waals surface area contributed by atoms with E-state index in [-0.39, 0.29) is 4.90 Å². The van der Waals surface area contributed by atoms with Crippen LogP contribution in [0.4, 0.5) is 5.69 Å². The van der Waals surface area contributed by atoms with Crippen molar-refractivity contribution in [3.63, 3.8) is 0 Å². The maximum absolute atomic E-state index is 12.5. The van der Waals surface area contributed by atoms with Crippen LogP contribution in [0.3, 0.4) is 0 Å². The Morgan fingerprint density at radius 3 is 2.05 bits per heavy atom. The SMILES string of the molecule is COc1ccc(N(C)S(=O)(=O)c2ccc(I)cc2)cc1. The number of rotatable bonds is 4. The molecular formula is C14H14INO3S. The van der Waals surface area contributed by atoms with Gasteiger partial charge < -0.3 is 4.74 Å². The van der Waals surface area contributed by atoms with Crippen LogP contribution in [0.1, 0.15) is 0 Å². The quantitative estimate of drug-likeness (QED) is 0.738. The van der Waals surface area contributed by atoms with Crippen molar-refractivity contribution in [1.29, 1.82) is 0 Å². The zero-order chi connectivity index (χ0) is 14.8. The number of halogens is 1. The Labute approximate surface area is 132 Å². The number of nitrogens with zero attached hydrogens (tertiary/aromatic N) is 1. The van der Waals surface area contributed by atoms with E-state index in [0.717, 1.165) is 3.57 Å². The summed E-state index contributed by atoms with van der Waals surface area (Å²) >= 11 is 2.14. The lowest BCUT2D eigenvalue weighted by Gasteiger charge is -2.19. The van der Waals surface area contributed by atoms with Crippen molar-refractivity contribution in [2.75, 3.05) is 18.5 Å². The highest BCUT2D eigenvalue weighted by molar-refractivity contribution is 14.1. The summed E-state index contributed by atoms with van der Waals surface area (Å²) < 4.78 is 32.3. The van der Waals surface area contributed by atoms with Crippen LogP contribution >= 0.6 is 22.6 Å². The van der Waals surface area contributed by atoms with Crippen LogP contribution < -0.4 is 9.04 Å². The highest BCUT2D eigenvalue weighted by Gasteiger charge is 2.20. The molecule has 0 amide bonds. The topological polar surface area (TPSA) is 46.6 Å². The van der Waals surface area contributed by atoms with Gasteiger partial charge >= 0.3 is 0 Å². The first-order chi connectivity index (χ1) is 9.45. The van der Waals surface area contributed by atoms with Gasteiger partial charge in [0.05, 0.1) is 17.7 Å². The number of anilines is 1. The maximum Gasteiger partial charge on any atom is 0.264 e. The van der Waals surface area contributed by atoms with Gasteiger partial charge in [-0.2, -0.15) is 0 Å². The Kier molecular flexibility index (Phi) is 4.54. The molecule has 106 valence electrons. The molecule has 0 heterocycles. The van der Waals surface area contributed by atoms with Crippen LogP contribution in [-0.4, -0.2) is 22.6 Å². The van der Waals surface area contributed by atoms with Crippen molar-refractivity contribution in [3.05, 3.63) is 52.1 Å². The highest BCUT2D eigenvalue weighted by atomic mass is 127. The summed E-state index contributed by atoms with van der Waals surface area (Å²) in [7, 11) is -0.432. The first kappa shape index (κ1) is 15.1. The first-order valence-electron chi connectivity index (χ1n) is 5.83. The van der Waals surface area contributed by atoms with Crippen LogP contribution in [0.15, 0.2) is 53.4 Å². The summed E-state index contributed by atoms with van der Waals surface area (Å²) in [5, 5.41) is 0. The minimum atomic E-state index is -3.54. The van der Waals surface area contributed by atoms with Crippen LogP contribution in [0.25, 0.3) is 0 Å². The van der Waals surface area contributed by atoms with E-state index in [1.165, 1.54) is 11.4 Å². The Hall–Kier alpha value is -1.28. The van der Waals surface area contributed by atoms with E-state index >= 15 is 0 Å². The van der Waals surface area contributed by atoms with E-state index in [1.54, 1.807) is 55.6 Å². The fourth-order valence-electron chi connectivity index (χ4n) is 1.70. The van der Waals surface area contributed by atoms with Gasteiger partial charge in [-0.25, -0.2) is 8.42 Å². The molecule has 2 rings (SSSR count). The summed E-state index contributed by atoms with van der Waals surface area (Å²) in [5.74, 6) is 0.689. The van der Waals surface area contributed by atoms with Crippen molar-refractivity contribution >= 4 is 38.3 Å². The predicted octanol–water partition coefficient (Wildman–Crippen LogP) is 3.12. The number of sulfonamides is 1. The van der Waals surface area contributed by atoms with Gasteiger partial charge in [0, 0.05) is 10.6 Å². The molecule has 0 bridgehead atoms. The van der Waals surface area contributed by atoms with Crippen molar-refractivity contribution in [1.82, 2.24) is 0 Å². The summed E-state index contributed by atoms with van der Waals surface area (Å²) in [6, 6.07) is 13.6. The smallest absolute Gasteiger partial charge is 0.264 e. The molecule has 0 radical (unpaired) electrons. The third-order valence-corrected chi connectivity index (χ3v) is 5.43. The van der Waals surface area contributed by atoms with Gasteiger partial charge in [0.1, 0.15) is 5.75 Å². The molecule has 4 nitrogen and oxygen atoms in total. The number of hydrogen-bond acceptors (Lipinski definition) is 3. The molecule has 0 aromatic heterocycles. The molecule has 0 atom stereocenters. The molecular weight excluding hydrogens is 389 g/mol. The fourth-order valence-corrected chi connectivity index (χ4v) is 3.25. The second kappa shape index (κ2) is 6.01. The second-order valence-electron chi connectivity index (χ2n) is 4.12. The number of hydrogen-bond donors (Lipinski definition) is 0. The Morgan fingerprint density at radius 2 is 1.55 bits per heavy atom. The lowest BCUT2D eigenvalue weighted by atomic mass is 10.3. The van der Waals surface area contributed by atoms with Crippen LogP contribution in [0, 0.1) is 3.57 Å². The van der Waals surface area contributed by atoms with Gasteiger partial charge in [0.15, 0.2) is 0 Å².